The molecule has 1 saturated heterocycles. The van der Waals surface area contributed by atoms with E-state index in [1.807, 2.05) is 0 Å². The van der Waals surface area contributed by atoms with E-state index in [1.54, 1.807) is 0 Å². The van der Waals surface area contributed by atoms with E-state index in [-0.39, 0.29) is 6.61 Å². The Morgan fingerprint density at radius 1 is 1.39 bits per heavy atom. The highest BCUT2D eigenvalue weighted by molar-refractivity contribution is 5.83. The van der Waals surface area contributed by atoms with Crippen molar-refractivity contribution < 1.29 is 32.6 Å². The Kier molecular flexibility index (Phi) is 4.94. The third-order valence-corrected chi connectivity index (χ3v) is 2.52. The smallest absolute Gasteiger partial charge is 0.406 e. The molecule has 0 spiro atoms. The summed E-state index contributed by atoms with van der Waals surface area (Å²) in [7, 11) is 0. The minimum absolute atomic E-state index is 0.0484. The average Bonchev–Trinajstić information content (AvgIpc) is 2.26. The number of rotatable bonds is 4. The van der Waals surface area contributed by atoms with Gasteiger partial charge in [-0.25, -0.2) is 0 Å². The summed E-state index contributed by atoms with van der Waals surface area (Å²) in [4.78, 5) is 22.6. The van der Waals surface area contributed by atoms with Crippen molar-refractivity contribution in [3.63, 3.8) is 0 Å². The minimum Gasteiger partial charge on any atom is -0.480 e. The predicted octanol–water partition coefficient (Wildman–Crippen LogP) is 0.889. The molecule has 0 saturated carbocycles. The maximum absolute atomic E-state index is 12.3. The number of amides is 1. The second kappa shape index (κ2) is 6.03. The number of carboxylic acids is 1. The molecular weight excluding hydrogens is 255 g/mol. The second-order valence-corrected chi connectivity index (χ2v) is 4.12. The summed E-state index contributed by atoms with van der Waals surface area (Å²) >= 11 is 0. The zero-order valence-electron chi connectivity index (χ0n) is 9.57. The van der Waals surface area contributed by atoms with Crippen LogP contribution < -0.4 is 0 Å². The SMILES string of the molecule is O=C(O)CN(CC(F)(F)F)C(=O)C1CCCOC1. The van der Waals surface area contributed by atoms with E-state index in [0.717, 1.165) is 0 Å². The Bertz CT molecular complexity index is 313. The number of halogens is 3. The molecule has 1 N–H and O–H groups in total. The summed E-state index contributed by atoms with van der Waals surface area (Å²) in [5.74, 6) is -2.96. The molecule has 1 heterocycles. The fraction of sp³-hybridized carbons (Fsp3) is 0.800. The zero-order valence-corrected chi connectivity index (χ0v) is 9.57. The van der Waals surface area contributed by atoms with Gasteiger partial charge in [-0.1, -0.05) is 0 Å². The maximum atomic E-state index is 12.3. The fourth-order valence-corrected chi connectivity index (χ4v) is 1.79. The largest absolute Gasteiger partial charge is 0.480 e. The van der Waals surface area contributed by atoms with E-state index < -0.39 is 37.1 Å². The van der Waals surface area contributed by atoms with Gasteiger partial charge < -0.3 is 14.7 Å². The molecule has 0 aromatic heterocycles. The molecule has 104 valence electrons. The van der Waals surface area contributed by atoms with Crippen LogP contribution in [0.15, 0.2) is 0 Å². The molecule has 0 radical (unpaired) electrons. The van der Waals surface area contributed by atoms with E-state index in [0.29, 0.717) is 24.3 Å². The van der Waals surface area contributed by atoms with Crippen LogP contribution in [0.25, 0.3) is 0 Å². The average molecular weight is 269 g/mol. The number of hydrogen-bond acceptors (Lipinski definition) is 3. The van der Waals surface area contributed by atoms with Gasteiger partial charge in [0, 0.05) is 6.61 Å². The van der Waals surface area contributed by atoms with Crippen LogP contribution in [0.4, 0.5) is 13.2 Å². The lowest BCUT2D eigenvalue weighted by Crippen LogP contribution is -2.46. The van der Waals surface area contributed by atoms with Crippen molar-refractivity contribution in [1.82, 2.24) is 4.90 Å². The summed E-state index contributed by atoms with van der Waals surface area (Å²) in [5.41, 5.74) is 0. The van der Waals surface area contributed by atoms with Crippen LogP contribution >= 0.6 is 0 Å². The highest BCUT2D eigenvalue weighted by Crippen LogP contribution is 2.21. The minimum atomic E-state index is -4.61. The number of carbonyl (C=O) groups is 2. The van der Waals surface area contributed by atoms with E-state index in [2.05, 4.69) is 0 Å². The second-order valence-electron chi connectivity index (χ2n) is 4.12. The molecule has 18 heavy (non-hydrogen) atoms. The Hall–Kier alpha value is -1.31. The topological polar surface area (TPSA) is 66.8 Å². The molecule has 0 aliphatic carbocycles. The zero-order chi connectivity index (χ0) is 13.8. The Labute approximate surface area is 102 Å². The summed E-state index contributed by atoms with van der Waals surface area (Å²) in [6.07, 6.45) is -3.60. The van der Waals surface area contributed by atoms with Gasteiger partial charge in [-0.2, -0.15) is 13.2 Å². The van der Waals surface area contributed by atoms with Crippen molar-refractivity contribution in [1.29, 1.82) is 0 Å². The van der Waals surface area contributed by atoms with Crippen molar-refractivity contribution in [2.24, 2.45) is 5.92 Å². The van der Waals surface area contributed by atoms with Gasteiger partial charge in [0.15, 0.2) is 0 Å². The molecular formula is C10H14F3NO4. The quantitative estimate of drug-likeness (QED) is 0.823. The molecule has 1 amide bonds. The van der Waals surface area contributed by atoms with Crippen molar-refractivity contribution in [2.75, 3.05) is 26.3 Å². The first-order valence-corrected chi connectivity index (χ1v) is 5.44. The number of nitrogens with zero attached hydrogens (tertiary/aromatic N) is 1. The summed E-state index contributed by atoms with van der Waals surface area (Å²) in [5, 5.41) is 8.54. The maximum Gasteiger partial charge on any atom is 0.406 e. The monoisotopic (exact) mass is 269 g/mol. The van der Waals surface area contributed by atoms with Gasteiger partial charge in [-0.15, -0.1) is 0 Å². The first-order chi connectivity index (χ1) is 8.29. The molecule has 0 bridgehead atoms. The Balaban J connectivity index is 2.68. The van der Waals surface area contributed by atoms with Crippen LogP contribution in [0.2, 0.25) is 0 Å². The van der Waals surface area contributed by atoms with E-state index in [4.69, 9.17) is 9.84 Å². The van der Waals surface area contributed by atoms with E-state index >= 15 is 0 Å². The molecule has 5 nitrogen and oxygen atoms in total. The van der Waals surface area contributed by atoms with Crippen molar-refractivity contribution in [2.45, 2.75) is 19.0 Å². The lowest BCUT2D eigenvalue weighted by atomic mass is 10.0. The summed E-state index contributed by atoms with van der Waals surface area (Å²) in [6, 6.07) is 0. The Morgan fingerprint density at radius 3 is 2.50 bits per heavy atom. The van der Waals surface area contributed by atoms with Crippen LogP contribution in [0, 0.1) is 5.92 Å². The van der Waals surface area contributed by atoms with Gasteiger partial charge in [0.05, 0.1) is 12.5 Å². The third kappa shape index (κ3) is 4.91. The van der Waals surface area contributed by atoms with E-state index in [9.17, 15) is 22.8 Å². The number of hydrogen-bond donors (Lipinski definition) is 1. The van der Waals surface area contributed by atoms with Crippen LogP contribution in [-0.2, 0) is 14.3 Å². The number of ether oxygens (including phenoxy) is 1. The van der Waals surface area contributed by atoms with Crippen molar-refractivity contribution in [3.05, 3.63) is 0 Å². The summed E-state index contributed by atoms with van der Waals surface area (Å²) in [6.45, 7) is -1.97. The molecule has 1 unspecified atom stereocenters. The molecule has 8 heteroatoms. The van der Waals surface area contributed by atoms with Crippen molar-refractivity contribution in [3.8, 4) is 0 Å². The number of aliphatic carboxylic acids is 1. The number of alkyl halides is 3. The van der Waals surface area contributed by atoms with Crippen LogP contribution in [-0.4, -0.2) is 54.4 Å². The van der Waals surface area contributed by atoms with Crippen LogP contribution in [0.1, 0.15) is 12.8 Å². The van der Waals surface area contributed by atoms with Gasteiger partial charge in [-0.05, 0) is 12.8 Å². The fourth-order valence-electron chi connectivity index (χ4n) is 1.79. The van der Waals surface area contributed by atoms with Gasteiger partial charge in [0.2, 0.25) is 5.91 Å². The first-order valence-electron chi connectivity index (χ1n) is 5.44. The Morgan fingerprint density at radius 2 is 2.06 bits per heavy atom. The number of carboxylic acid groups (broad SMARTS) is 1. The molecule has 1 fully saturated rings. The molecule has 1 aliphatic rings. The van der Waals surface area contributed by atoms with Crippen molar-refractivity contribution >= 4 is 11.9 Å². The normalized spacial score (nSPS) is 20.5. The molecule has 1 aliphatic heterocycles. The van der Waals surface area contributed by atoms with Gasteiger partial charge in [0.25, 0.3) is 0 Å². The highest BCUT2D eigenvalue weighted by Gasteiger charge is 2.36. The third-order valence-electron chi connectivity index (χ3n) is 2.52. The predicted molar refractivity (Wildman–Crippen MR) is 53.8 cm³/mol. The highest BCUT2D eigenvalue weighted by atomic mass is 19.4. The lowest BCUT2D eigenvalue weighted by Gasteiger charge is -2.28. The molecule has 1 rings (SSSR count). The van der Waals surface area contributed by atoms with Gasteiger partial charge in [0.1, 0.15) is 13.1 Å². The number of carbonyl (C=O) groups excluding carboxylic acids is 1. The van der Waals surface area contributed by atoms with Gasteiger partial charge in [-0.3, -0.25) is 9.59 Å². The first kappa shape index (κ1) is 14.7. The van der Waals surface area contributed by atoms with Gasteiger partial charge >= 0.3 is 12.1 Å². The molecule has 0 aromatic rings. The standard InChI is InChI=1S/C10H14F3NO4/c11-10(12,13)6-14(4-8(15)16)9(17)7-2-1-3-18-5-7/h7H,1-6H2,(H,15,16). The van der Waals surface area contributed by atoms with Crippen LogP contribution in [0.5, 0.6) is 0 Å². The van der Waals surface area contributed by atoms with E-state index in [1.165, 1.54) is 0 Å². The lowest BCUT2D eigenvalue weighted by molar-refractivity contribution is -0.170. The van der Waals surface area contributed by atoms with Crippen LogP contribution in [0.3, 0.4) is 0 Å². The molecule has 1 atom stereocenters. The molecule has 0 aromatic carbocycles. The summed E-state index contributed by atoms with van der Waals surface area (Å²) < 4.78 is 41.8.